The van der Waals surface area contributed by atoms with Crippen LogP contribution >= 0.6 is 0 Å². The van der Waals surface area contributed by atoms with Crippen LogP contribution in [0.1, 0.15) is 113 Å². The number of aryl methyl sites for hydroxylation is 2. The number of halogens is 1. The molecule has 39 heavy (non-hydrogen) atoms. The average Bonchev–Trinajstić information content (AvgIpc) is 2.97. The van der Waals surface area contributed by atoms with Gasteiger partial charge in [0.25, 0.3) is 0 Å². The largest absolute Gasteiger partial charge is 0.205 e. The molecule has 0 amide bonds. The Hall–Kier alpha value is -2.85. The summed E-state index contributed by atoms with van der Waals surface area (Å²) in [5.74, 6) is 7.91. The van der Waals surface area contributed by atoms with E-state index in [0.717, 1.165) is 42.0 Å². The zero-order valence-corrected chi connectivity index (χ0v) is 24.3. The lowest BCUT2D eigenvalue weighted by Crippen LogP contribution is -2.15. The van der Waals surface area contributed by atoms with Crippen LogP contribution in [0.25, 0.3) is 10.8 Å². The molecule has 206 valence electrons. The molecule has 0 heterocycles. The van der Waals surface area contributed by atoms with Gasteiger partial charge in [0.2, 0.25) is 0 Å². The molecule has 0 saturated heterocycles. The van der Waals surface area contributed by atoms with E-state index in [2.05, 4.69) is 61.2 Å². The minimum absolute atomic E-state index is 0.220. The maximum absolute atomic E-state index is 15.2. The lowest BCUT2D eigenvalue weighted by molar-refractivity contribution is 0.248. The van der Waals surface area contributed by atoms with Crippen molar-refractivity contribution in [3.8, 4) is 11.8 Å². The summed E-state index contributed by atoms with van der Waals surface area (Å²) in [6.45, 7) is 4.33. The van der Waals surface area contributed by atoms with E-state index in [4.69, 9.17) is 0 Å². The molecule has 0 nitrogen and oxygen atoms in total. The van der Waals surface area contributed by atoms with Crippen LogP contribution in [0.5, 0.6) is 0 Å². The number of hydrogen-bond donors (Lipinski definition) is 0. The lowest BCUT2D eigenvalue weighted by atomic mass is 9.77. The molecule has 1 saturated carbocycles. The third-order valence-electron chi connectivity index (χ3n) is 8.67. The Morgan fingerprint density at radius 1 is 0.769 bits per heavy atom. The number of fused-ring (bicyclic) bond motifs is 1. The second-order valence-corrected chi connectivity index (χ2v) is 11.7. The molecule has 4 rings (SSSR count). The summed E-state index contributed by atoms with van der Waals surface area (Å²) >= 11 is 0. The number of allylic oxidation sites excluding steroid dienone is 2. The Balaban J connectivity index is 1.25. The van der Waals surface area contributed by atoms with E-state index in [0.29, 0.717) is 10.9 Å². The number of benzene rings is 3. The summed E-state index contributed by atoms with van der Waals surface area (Å²) in [7, 11) is 0. The molecule has 0 unspecified atom stereocenters. The highest BCUT2D eigenvalue weighted by Gasteiger charge is 2.20. The van der Waals surface area contributed by atoms with E-state index in [9.17, 15) is 0 Å². The van der Waals surface area contributed by atoms with Gasteiger partial charge in [0, 0.05) is 10.9 Å². The van der Waals surface area contributed by atoms with Crippen LogP contribution in [-0.2, 0) is 12.8 Å². The topological polar surface area (TPSA) is 0 Å². The highest BCUT2D eigenvalue weighted by molar-refractivity contribution is 5.85. The molecule has 3 aromatic carbocycles. The van der Waals surface area contributed by atoms with Crippen LogP contribution in [0.3, 0.4) is 0 Å². The molecule has 0 atom stereocenters. The summed E-state index contributed by atoms with van der Waals surface area (Å²) in [4.78, 5) is 0. The molecule has 0 spiro atoms. The second-order valence-electron chi connectivity index (χ2n) is 11.7. The summed E-state index contributed by atoms with van der Waals surface area (Å²) in [5, 5.41) is 1.59. The molecule has 1 fully saturated rings. The van der Waals surface area contributed by atoms with E-state index < -0.39 is 0 Å². The highest BCUT2D eigenvalue weighted by atomic mass is 19.1. The van der Waals surface area contributed by atoms with Crippen molar-refractivity contribution in [2.75, 3.05) is 0 Å². The van der Waals surface area contributed by atoms with Gasteiger partial charge in [0.05, 0.1) is 5.56 Å². The van der Waals surface area contributed by atoms with Crippen LogP contribution in [0.2, 0.25) is 0 Å². The highest BCUT2D eigenvalue weighted by Crippen LogP contribution is 2.34. The van der Waals surface area contributed by atoms with Crippen LogP contribution < -0.4 is 0 Å². The zero-order valence-electron chi connectivity index (χ0n) is 24.3. The molecule has 1 aliphatic rings. The lowest BCUT2D eigenvalue weighted by Gasteiger charge is -2.28. The van der Waals surface area contributed by atoms with Crippen LogP contribution in [0.4, 0.5) is 4.39 Å². The fraction of sp³-hybridized carbons (Fsp3) is 0.474. The fourth-order valence-electron chi connectivity index (χ4n) is 6.12. The van der Waals surface area contributed by atoms with Gasteiger partial charge in [-0.2, -0.15) is 0 Å². The Morgan fingerprint density at radius 3 is 2.23 bits per heavy atom. The number of rotatable bonds is 12. The van der Waals surface area contributed by atoms with Gasteiger partial charge < -0.3 is 0 Å². The smallest absolute Gasteiger partial charge is 0.146 e. The van der Waals surface area contributed by atoms with E-state index in [-0.39, 0.29) is 5.82 Å². The minimum atomic E-state index is -0.220. The van der Waals surface area contributed by atoms with Crippen LogP contribution in [0.15, 0.2) is 66.7 Å². The van der Waals surface area contributed by atoms with Gasteiger partial charge in [-0.15, -0.1) is 0 Å². The Bertz CT molecular complexity index is 1250. The first kappa shape index (κ1) is 29.1. The molecule has 1 aliphatic carbocycles. The van der Waals surface area contributed by atoms with Gasteiger partial charge in [-0.1, -0.05) is 132 Å². The summed E-state index contributed by atoms with van der Waals surface area (Å²) in [6.07, 6.45) is 22.9. The summed E-state index contributed by atoms with van der Waals surface area (Å²) < 4.78 is 15.2. The van der Waals surface area contributed by atoms with Crippen molar-refractivity contribution in [1.29, 1.82) is 0 Å². The van der Waals surface area contributed by atoms with Crippen molar-refractivity contribution in [3.63, 3.8) is 0 Å². The molecule has 0 aromatic heterocycles. The maximum atomic E-state index is 15.2. The quantitative estimate of drug-likeness (QED) is 0.126. The van der Waals surface area contributed by atoms with E-state index in [1.807, 2.05) is 31.2 Å². The number of hydrogen-bond acceptors (Lipinski definition) is 0. The Morgan fingerprint density at radius 2 is 1.49 bits per heavy atom. The predicted octanol–water partition coefficient (Wildman–Crippen LogP) is 11.0. The Labute approximate surface area is 237 Å². The fourth-order valence-corrected chi connectivity index (χ4v) is 6.12. The standard InChI is InChI=1S/C38H47F/c1-3-5-7-8-10-11-30-13-15-31(16-14-30)17-18-32-19-21-33(22-20-32)23-25-35-26-27-36-29-34(12-9-6-4-2)24-28-37(36)38(35)39/h4,6,19-22,24,26-31H,3,5,7-18H2,1-2H3/b6-4+. The first-order valence-electron chi connectivity index (χ1n) is 15.6. The van der Waals surface area contributed by atoms with E-state index in [1.165, 1.54) is 81.8 Å². The van der Waals surface area contributed by atoms with Gasteiger partial charge in [-0.3, -0.25) is 0 Å². The first-order chi connectivity index (χ1) is 19.2. The van der Waals surface area contributed by atoms with Gasteiger partial charge in [-0.25, -0.2) is 4.39 Å². The molecule has 0 bridgehead atoms. The third kappa shape index (κ3) is 9.10. The van der Waals surface area contributed by atoms with Crippen molar-refractivity contribution in [1.82, 2.24) is 0 Å². The zero-order chi connectivity index (χ0) is 27.3. The van der Waals surface area contributed by atoms with Crippen molar-refractivity contribution in [2.45, 2.75) is 104 Å². The van der Waals surface area contributed by atoms with Crippen molar-refractivity contribution in [3.05, 3.63) is 94.8 Å². The molecule has 0 N–H and O–H groups in total. The molecule has 0 radical (unpaired) electrons. The number of unbranched alkanes of at least 4 members (excludes halogenated alkanes) is 4. The van der Waals surface area contributed by atoms with Gasteiger partial charge in [-0.05, 0) is 79.2 Å². The Kier molecular flexibility index (Phi) is 11.7. The van der Waals surface area contributed by atoms with Gasteiger partial charge >= 0.3 is 0 Å². The van der Waals surface area contributed by atoms with E-state index >= 15 is 4.39 Å². The van der Waals surface area contributed by atoms with Gasteiger partial charge in [0.1, 0.15) is 5.82 Å². The third-order valence-corrected chi connectivity index (χ3v) is 8.67. The summed E-state index contributed by atoms with van der Waals surface area (Å²) in [5.41, 5.74) is 4.03. The van der Waals surface area contributed by atoms with Crippen LogP contribution in [-0.4, -0.2) is 0 Å². The normalized spacial score (nSPS) is 17.4. The summed E-state index contributed by atoms with van der Waals surface area (Å²) in [6, 6.07) is 18.4. The second kappa shape index (κ2) is 15.7. The maximum Gasteiger partial charge on any atom is 0.146 e. The van der Waals surface area contributed by atoms with Gasteiger partial charge in [0.15, 0.2) is 0 Å². The minimum Gasteiger partial charge on any atom is -0.205 e. The van der Waals surface area contributed by atoms with Crippen molar-refractivity contribution < 1.29 is 4.39 Å². The predicted molar refractivity (Wildman–Crippen MR) is 167 cm³/mol. The molecule has 1 heteroatoms. The molecular weight excluding hydrogens is 475 g/mol. The molecular formula is C38H47F. The van der Waals surface area contributed by atoms with Crippen molar-refractivity contribution in [2.24, 2.45) is 11.8 Å². The van der Waals surface area contributed by atoms with E-state index in [1.54, 1.807) is 0 Å². The average molecular weight is 523 g/mol. The molecule has 0 aliphatic heterocycles. The monoisotopic (exact) mass is 522 g/mol. The SMILES string of the molecule is C/C=C/CCc1ccc2c(F)c(C#Cc3ccc(CCC4CCC(CCCCCCC)CC4)cc3)ccc2c1. The molecule has 3 aromatic rings. The van der Waals surface area contributed by atoms with Crippen molar-refractivity contribution >= 4 is 10.8 Å². The van der Waals surface area contributed by atoms with Crippen LogP contribution in [0, 0.1) is 29.5 Å². The first-order valence-corrected chi connectivity index (χ1v) is 15.6.